The molecule has 1 aliphatic rings. The largest absolute Gasteiger partial charge is 0.391 e. The average Bonchev–Trinajstić information content (AvgIpc) is 2.63. The van der Waals surface area contributed by atoms with Crippen LogP contribution in [0.5, 0.6) is 0 Å². The molecule has 5 atom stereocenters. The van der Waals surface area contributed by atoms with Crippen molar-refractivity contribution in [2.75, 3.05) is 0 Å². The fourth-order valence-electron chi connectivity index (χ4n) is 2.40. The molecule has 0 bridgehead atoms. The molecule has 0 amide bonds. The van der Waals surface area contributed by atoms with Gasteiger partial charge in [0.25, 0.3) is 5.56 Å². The number of aromatic amines is 1. The normalized spacial score (nSPS) is 33.6. The van der Waals surface area contributed by atoms with E-state index in [9.17, 15) is 19.8 Å². The van der Waals surface area contributed by atoms with Crippen LogP contribution in [0.2, 0.25) is 0 Å². The van der Waals surface area contributed by atoms with Gasteiger partial charge in [-0.25, -0.2) is 4.79 Å². The van der Waals surface area contributed by atoms with Gasteiger partial charge >= 0.3 is 5.69 Å². The first kappa shape index (κ1) is 15.8. The summed E-state index contributed by atoms with van der Waals surface area (Å²) in [6.07, 6.45) is 0.686. The zero-order valence-corrected chi connectivity index (χ0v) is 12.2. The lowest BCUT2D eigenvalue weighted by Crippen LogP contribution is -2.45. The van der Waals surface area contributed by atoms with Gasteiger partial charge in [0, 0.05) is 11.8 Å². The summed E-state index contributed by atoms with van der Waals surface area (Å²) in [7, 11) is 0. The zero-order chi connectivity index (χ0) is 15.9. The number of H-pyrrole nitrogens is 1. The quantitative estimate of drug-likeness (QED) is 0.484. The molecule has 8 heteroatoms. The van der Waals surface area contributed by atoms with Crippen molar-refractivity contribution >= 4 is 11.6 Å². The van der Waals surface area contributed by atoms with Crippen molar-refractivity contribution in [1.29, 1.82) is 0 Å². The Labute approximate surface area is 125 Å². The van der Waals surface area contributed by atoms with Crippen LogP contribution >= 0.6 is 11.6 Å². The highest BCUT2D eigenvalue weighted by molar-refractivity contribution is 6.27. The molecule has 0 saturated carbocycles. The first-order valence-electron chi connectivity index (χ1n) is 6.23. The number of aromatic nitrogens is 2. The highest BCUT2D eigenvalue weighted by Crippen LogP contribution is 2.43. The van der Waals surface area contributed by atoms with Crippen molar-refractivity contribution in [3.63, 3.8) is 0 Å². The second-order valence-electron chi connectivity index (χ2n) is 5.00. The summed E-state index contributed by atoms with van der Waals surface area (Å²) in [6, 6.07) is 1.18. The highest BCUT2D eigenvalue weighted by Gasteiger charge is 2.57. The smallest absolute Gasteiger partial charge is 0.330 e. The van der Waals surface area contributed by atoms with Gasteiger partial charge < -0.3 is 14.9 Å². The lowest BCUT2D eigenvalue weighted by atomic mass is 9.97. The van der Waals surface area contributed by atoms with Crippen LogP contribution in [-0.4, -0.2) is 43.0 Å². The van der Waals surface area contributed by atoms with Gasteiger partial charge in [0.2, 0.25) is 0 Å². The summed E-state index contributed by atoms with van der Waals surface area (Å²) in [4.78, 5) is 23.6. The molecule has 0 aliphatic carbocycles. The van der Waals surface area contributed by atoms with Gasteiger partial charge in [-0.3, -0.25) is 14.3 Å². The van der Waals surface area contributed by atoms with E-state index in [0.717, 1.165) is 4.57 Å². The maximum absolute atomic E-state index is 12.0. The molecular weight excluding hydrogens is 300 g/mol. The third-order valence-electron chi connectivity index (χ3n) is 3.49. The lowest BCUT2D eigenvalue weighted by Gasteiger charge is -2.26. The van der Waals surface area contributed by atoms with Crippen molar-refractivity contribution in [1.82, 2.24) is 9.55 Å². The molecule has 1 unspecified atom stereocenters. The predicted octanol–water partition coefficient (Wildman–Crippen LogP) is -0.905. The monoisotopic (exact) mass is 314 g/mol. The first-order chi connectivity index (χ1) is 9.72. The van der Waals surface area contributed by atoms with E-state index in [4.69, 9.17) is 22.8 Å². The number of aryl methyl sites for hydroxylation is 1. The minimum atomic E-state index is -1.74. The summed E-state index contributed by atoms with van der Waals surface area (Å²) in [5, 5.41) is 19.8. The second-order valence-corrected chi connectivity index (χ2v) is 5.63. The minimum absolute atomic E-state index is 0.271. The van der Waals surface area contributed by atoms with Gasteiger partial charge in [0.1, 0.15) is 12.2 Å². The molecule has 0 aromatic carbocycles. The van der Waals surface area contributed by atoms with E-state index in [1.807, 2.05) is 0 Å². The fourth-order valence-corrected chi connectivity index (χ4v) is 2.68. The Balaban J connectivity index is 2.61. The third kappa shape index (κ3) is 2.40. The van der Waals surface area contributed by atoms with Crippen molar-refractivity contribution in [3.05, 3.63) is 32.6 Å². The summed E-state index contributed by atoms with van der Waals surface area (Å²) in [5.74, 6) is 2.22. The molecule has 2 rings (SSSR count). The minimum Gasteiger partial charge on any atom is -0.391 e. The number of nitrogens with zero attached hydrogens (tertiary/aromatic N) is 1. The molecule has 1 aliphatic heterocycles. The van der Waals surface area contributed by atoms with E-state index in [1.54, 1.807) is 0 Å². The highest BCUT2D eigenvalue weighted by atomic mass is 35.5. The summed E-state index contributed by atoms with van der Waals surface area (Å²) in [5.41, 5.74) is -1.06. The SMILES string of the molecule is C#CC1(Cl)[C@@H](O)[C@@H]([C@@H](C)O)O[C@H]1n1c(C)cc(=O)[nH]c1=O. The molecule has 3 N–H and O–H groups in total. The number of hydrogen-bond donors (Lipinski definition) is 3. The van der Waals surface area contributed by atoms with Crippen molar-refractivity contribution in [2.24, 2.45) is 0 Å². The Kier molecular flexibility index (Phi) is 4.00. The van der Waals surface area contributed by atoms with Gasteiger partial charge in [-0.1, -0.05) is 17.5 Å². The molecule has 0 radical (unpaired) electrons. The molecule has 0 spiro atoms. The van der Waals surface area contributed by atoms with Crippen molar-refractivity contribution in [3.8, 4) is 12.3 Å². The predicted molar refractivity (Wildman–Crippen MR) is 75.1 cm³/mol. The number of hydrogen-bond acceptors (Lipinski definition) is 5. The number of ether oxygens (including phenoxy) is 1. The van der Waals surface area contributed by atoms with Gasteiger partial charge in [0.15, 0.2) is 11.1 Å². The molecule has 7 nitrogen and oxygen atoms in total. The molecule has 1 fully saturated rings. The number of rotatable bonds is 2. The zero-order valence-electron chi connectivity index (χ0n) is 11.4. The third-order valence-corrected chi connectivity index (χ3v) is 4.01. The second kappa shape index (κ2) is 5.31. The molecule has 21 heavy (non-hydrogen) atoms. The Morgan fingerprint density at radius 1 is 1.62 bits per heavy atom. The molecule has 1 aromatic rings. The van der Waals surface area contributed by atoms with Crippen LogP contribution in [0.4, 0.5) is 0 Å². The standard InChI is InChI=1S/C13H15ClN2O5/c1-4-13(14)10(19)9(7(3)17)21-11(13)16-6(2)5-8(18)15-12(16)20/h1,5,7,9-11,17,19H,2-3H3,(H,15,18,20)/t7-,9-,10+,11-,13?/m1/s1. The number of alkyl halides is 1. The number of aliphatic hydroxyl groups is 2. The van der Waals surface area contributed by atoms with Crippen molar-refractivity contribution in [2.45, 2.75) is 43.3 Å². The van der Waals surface area contributed by atoms with E-state index in [0.29, 0.717) is 0 Å². The van der Waals surface area contributed by atoms with Crippen LogP contribution in [-0.2, 0) is 4.74 Å². The maximum atomic E-state index is 12.0. The lowest BCUT2D eigenvalue weighted by molar-refractivity contribution is -0.0778. The van der Waals surface area contributed by atoms with Gasteiger partial charge in [0.05, 0.1) is 6.10 Å². The number of terminal acetylenes is 1. The van der Waals surface area contributed by atoms with E-state index >= 15 is 0 Å². The molecular formula is C13H15ClN2O5. The number of nitrogens with one attached hydrogen (secondary N) is 1. The average molecular weight is 315 g/mol. The number of aliphatic hydroxyl groups excluding tert-OH is 2. The van der Waals surface area contributed by atoms with Crippen LogP contribution in [0.1, 0.15) is 18.8 Å². The van der Waals surface area contributed by atoms with Crippen LogP contribution in [0.15, 0.2) is 15.7 Å². The Morgan fingerprint density at radius 3 is 2.71 bits per heavy atom. The van der Waals surface area contributed by atoms with Gasteiger partial charge in [-0.15, -0.1) is 6.42 Å². The number of halogens is 1. The summed E-state index contributed by atoms with van der Waals surface area (Å²) in [6.45, 7) is 2.92. The van der Waals surface area contributed by atoms with Gasteiger partial charge in [-0.05, 0) is 13.8 Å². The van der Waals surface area contributed by atoms with E-state index in [-0.39, 0.29) is 5.69 Å². The first-order valence-corrected chi connectivity index (χ1v) is 6.61. The molecule has 114 valence electrons. The summed E-state index contributed by atoms with van der Waals surface area (Å²) < 4.78 is 6.55. The van der Waals surface area contributed by atoms with Gasteiger partial charge in [-0.2, -0.15) is 0 Å². The van der Waals surface area contributed by atoms with Crippen LogP contribution in [0.3, 0.4) is 0 Å². The molecule has 1 saturated heterocycles. The molecule has 1 aromatic heterocycles. The van der Waals surface area contributed by atoms with Crippen LogP contribution < -0.4 is 11.2 Å². The summed E-state index contributed by atoms with van der Waals surface area (Å²) >= 11 is 6.25. The van der Waals surface area contributed by atoms with E-state index < -0.39 is 40.7 Å². The van der Waals surface area contributed by atoms with Crippen LogP contribution in [0.25, 0.3) is 0 Å². The maximum Gasteiger partial charge on any atom is 0.330 e. The Morgan fingerprint density at radius 2 is 2.24 bits per heavy atom. The Hall–Kier alpha value is -1.59. The van der Waals surface area contributed by atoms with E-state index in [2.05, 4.69) is 10.9 Å². The van der Waals surface area contributed by atoms with E-state index in [1.165, 1.54) is 19.9 Å². The molecule has 2 heterocycles. The Bertz CT molecular complexity index is 704. The van der Waals surface area contributed by atoms with Crippen LogP contribution in [0, 0.1) is 19.3 Å². The topological polar surface area (TPSA) is 105 Å². The fraction of sp³-hybridized carbons (Fsp3) is 0.538. The van der Waals surface area contributed by atoms with Crippen molar-refractivity contribution < 1.29 is 14.9 Å².